The van der Waals surface area contributed by atoms with E-state index in [9.17, 15) is 0 Å². The zero-order valence-electron chi connectivity index (χ0n) is 12.3. The number of nitrogens with one attached hydrogen (secondary N) is 1. The minimum absolute atomic E-state index is 0.0534. The summed E-state index contributed by atoms with van der Waals surface area (Å²) in [6, 6.07) is 18.7. The molecule has 0 aromatic heterocycles. The first-order valence-corrected chi connectivity index (χ1v) is 7.53. The van der Waals surface area contributed by atoms with E-state index in [1.165, 1.54) is 5.56 Å². The lowest BCUT2D eigenvalue weighted by atomic mass is 10.0. The van der Waals surface area contributed by atoms with Gasteiger partial charge in [0.25, 0.3) is 0 Å². The summed E-state index contributed by atoms with van der Waals surface area (Å²) in [7, 11) is 0. The average Bonchev–Trinajstić information content (AvgIpc) is 2.56. The van der Waals surface area contributed by atoms with Crippen molar-refractivity contribution in [1.29, 1.82) is 0 Å². The highest BCUT2D eigenvalue weighted by Gasteiger charge is 2.21. The van der Waals surface area contributed by atoms with Crippen LogP contribution in [0.1, 0.15) is 24.9 Å². The molecule has 1 aliphatic heterocycles. The van der Waals surface area contributed by atoms with Gasteiger partial charge in [-0.2, -0.15) is 0 Å². The van der Waals surface area contributed by atoms with Gasteiger partial charge >= 0.3 is 0 Å². The quantitative estimate of drug-likeness (QED) is 0.910. The molecule has 0 saturated carbocycles. The van der Waals surface area contributed by atoms with Crippen molar-refractivity contribution in [3.63, 3.8) is 0 Å². The second kappa shape index (κ2) is 6.64. The Hall–Kier alpha value is -2.00. The SMILES string of the molecule is CCC(NCC1COc2ccccc2O1)c1ccccc1. The number of hydrogen-bond donors (Lipinski definition) is 1. The van der Waals surface area contributed by atoms with Crippen LogP contribution in [0.2, 0.25) is 0 Å². The molecule has 3 rings (SSSR count). The van der Waals surface area contributed by atoms with Crippen molar-refractivity contribution in [3.05, 3.63) is 60.2 Å². The van der Waals surface area contributed by atoms with Gasteiger partial charge in [0.15, 0.2) is 11.5 Å². The van der Waals surface area contributed by atoms with Crippen LogP contribution in [0.25, 0.3) is 0 Å². The van der Waals surface area contributed by atoms with Gasteiger partial charge < -0.3 is 14.8 Å². The molecule has 0 fully saturated rings. The molecule has 2 aromatic rings. The lowest BCUT2D eigenvalue weighted by Gasteiger charge is -2.28. The molecule has 0 radical (unpaired) electrons. The Morgan fingerprint density at radius 2 is 1.76 bits per heavy atom. The summed E-state index contributed by atoms with van der Waals surface area (Å²) < 4.78 is 11.7. The molecule has 2 unspecified atom stereocenters. The largest absolute Gasteiger partial charge is 0.486 e. The summed E-state index contributed by atoms with van der Waals surface area (Å²) >= 11 is 0. The van der Waals surface area contributed by atoms with Crippen LogP contribution in [0.3, 0.4) is 0 Å². The van der Waals surface area contributed by atoms with E-state index in [4.69, 9.17) is 9.47 Å². The highest BCUT2D eigenvalue weighted by atomic mass is 16.6. The van der Waals surface area contributed by atoms with Gasteiger partial charge in [0.05, 0.1) is 0 Å². The van der Waals surface area contributed by atoms with E-state index < -0.39 is 0 Å². The molecular formula is C18H21NO2. The third-order valence-electron chi connectivity index (χ3n) is 3.77. The number of fused-ring (bicyclic) bond motifs is 1. The van der Waals surface area contributed by atoms with Crippen LogP contribution >= 0.6 is 0 Å². The van der Waals surface area contributed by atoms with E-state index in [1.807, 2.05) is 30.3 Å². The predicted molar refractivity (Wildman–Crippen MR) is 83.8 cm³/mol. The smallest absolute Gasteiger partial charge is 0.161 e. The summed E-state index contributed by atoms with van der Waals surface area (Å²) in [5.74, 6) is 1.67. The van der Waals surface area contributed by atoms with Crippen molar-refractivity contribution in [2.75, 3.05) is 13.2 Å². The van der Waals surface area contributed by atoms with Crippen molar-refractivity contribution >= 4 is 0 Å². The maximum Gasteiger partial charge on any atom is 0.161 e. The molecular weight excluding hydrogens is 262 g/mol. The lowest BCUT2D eigenvalue weighted by Crippen LogP contribution is -2.39. The Morgan fingerprint density at radius 3 is 2.52 bits per heavy atom. The summed E-state index contributed by atoms with van der Waals surface area (Å²) in [4.78, 5) is 0. The van der Waals surface area contributed by atoms with E-state index in [0.29, 0.717) is 12.6 Å². The average molecular weight is 283 g/mol. The fourth-order valence-corrected chi connectivity index (χ4v) is 2.62. The van der Waals surface area contributed by atoms with Crippen LogP contribution in [0, 0.1) is 0 Å². The lowest BCUT2D eigenvalue weighted by molar-refractivity contribution is 0.0880. The minimum Gasteiger partial charge on any atom is -0.486 e. The normalized spacial score (nSPS) is 18.2. The third-order valence-corrected chi connectivity index (χ3v) is 3.77. The van der Waals surface area contributed by atoms with Gasteiger partial charge in [0.1, 0.15) is 12.7 Å². The molecule has 0 amide bonds. The van der Waals surface area contributed by atoms with Crippen molar-refractivity contribution < 1.29 is 9.47 Å². The van der Waals surface area contributed by atoms with Crippen molar-refractivity contribution in [3.8, 4) is 11.5 Å². The van der Waals surface area contributed by atoms with E-state index in [-0.39, 0.29) is 6.10 Å². The Morgan fingerprint density at radius 1 is 1.05 bits per heavy atom. The van der Waals surface area contributed by atoms with E-state index in [2.05, 4.69) is 36.5 Å². The zero-order chi connectivity index (χ0) is 14.5. The van der Waals surface area contributed by atoms with Crippen LogP contribution in [-0.2, 0) is 0 Å². The molecule has 110 valence electrons. The summed E-state index contributed by atoms with van der Waals surface area (Å²) in [5.41, 5.74) is 1.32. The third kappa shape index (κ3) is 3.37. The molecule has 1 aliphatic rings. The molecule has 0 spiro atoms. The maximum absolute atomic E-state index is 5.98. The maximum atomic E-state index is 5.98. The highest BCUT2D eigenvalue weighted by Crippen LogP contribution is 2.30. The van der Waals surface area contributed by atoms with Gasteiger partial charge in [0.2, 0.25) is 0 Å². The molecule has 3 nitrogen and oxygen atoms in total. The number of ether oxygens (including phenoxy) is 2. The van der Waals surface area contributed by atoms with Gasteiger partial charge in [-0.25, -0.2) is 0 Å². The Labute approximate surface area is 125 Å². The molecule has 0 aliphatic carbocycles. The zero-order valence-corrected chi connectivity index (χ0v) is 12.3. The topological polar surface area (TPSA) is 30.5 Å². The fourth-order valence-electron chi connectivity index (χ4n) is 2.62. The van der Waals surface area contributed by atoms with Crippen LogP contribution in [0.4, 0.5) is 0 Å². The van der Waals surface area contributed by atoms with E-state index in [0.717, 1.165) is 24.5 Å². The standard InChI is InChI=1S/C18H21NO2/c1-2-16(14-8-4-3-5-9-14)19-12-15-13-20-17-10-6-7-11-18(17)21-15/h3-11,15-16,19H,2,12-13H2,1H3. The minimum atomic E-state index is 0.0534. The van der Waals surface area contributed by atoms with Crippen LogP contribution in [0.5, 0.6) is 11.5 Å². The first kappa shape index (κ1) is 14.0. The van der Waals surface area contributed by atoms with E-state index in [1.54, 1.807) is 0 Å². The Balaban J connectivity index is 1.58. The van der Waals surface area contributed by atoms with E-state index >= 15 is 0 Å². The summed E-state index contributed by atoms with van der Waals surface area (Å²) in [6.07, 6.45) is 1.10. The van der Waals surface area contributed by atoms with Crippen LogP contribution < -0.4 is 14.8 Å². The summed E-state index contributed by atoms with van der Waals surface area (Å²) in [6.45, 7) is 3.56. The number of para-hydroxylation sites is 2. The monoisotopic (exact) mass is 283 g/mol. The molecule has 2 atom stereocenters. The fraction of sp³-hybridized carbons (Fsp3) is 0.333. The number of benzene rings is 2. The second-order valence-corrected chi connectivity index (χ2v) is 5.28. The first-order valence-electron chi connectivity index (χ1n) is 7.53. The van der Waals surface area contributed by atoms with Crippen molar-refractivity contribution in [2.24, 2.45) is 0 Å². The van der Waals surface area contributed by atoms with Crippen molar-refractivity contribution in [1.82, 2.24) is 5.32 Å². The molecule has 21 heavy (non-hydrogen) atoms. The second-order valence-electron chi connectivity index (χ2n) is 5.28. The molecule has 1 N–H and O–H groups in total. The van der Waals surface area contributed by atoms with Crippen LogP contribution in [-0.4, -0.2) is 19.3 Å². The van der Waals surface area contributed by atoms with Gasteiger partial charge in [-0.3, -0.25) is 0 Å². The van der Waals surface area contributed by atoms with Gasteiger partial charge in [0, 0.05) is 12.6 Å². The van der Waals surface area contributed by atoms with Gasteiger partial charge in [-0.15, -0.1) is 0 Å². The van der Waals surface area contributed by atoms with Gasteiger partial charge in [-0.05, 0) is 24.1 Å². The summed E-state index contributed by atoms with van der Waals surface area (Å²) in [5, 5.41) is 3.58. The Kier molecular flexibility index (Phi) is 4.41. The number of hydrogen-bond acceptors (Lipinski definition) is 3. The van der Waals surface area contributed by atoms with Gasteiger partial charge in [-0.1, -0.05) is 49.4 Å². The molecule has 3 heteroatoms. The molecule has 0 bridgehead atoms. The predicted octanol–water partition coefficient (Wildman–Crippen LogP) is 3.57. The number of rotatable bonds is 5. The molecule has 0 saturated heterocycles. The molecule has 2 aromatic carbocycles. The highest BCUT2D eigenvalue weighted by molar-refractivity contribution is 5.40. The first-order chi connectivity index (χ1) is 10.4. The van der Waals surface area contributed by atoms with Crippen LogP contribution in [0.15, 0.2) is 54.6 Å². The Bertz CT molecular complexity index is 570. The molecule has 1 heterocycles. The van der Waals surface area contributed by atoms with Crippen molar-refractivity contribution in [2.45, 2.75) is 25.5 Å².